The van der Waals surface area contributed by atoms with Crippen LogP contribution in [0.25, 0.3) is 11.3 Å². The Kier molecular flexibility index (Phi) is 3.78. The maximum atomic E-state index is 9.35. The van der Waals surface area contributed by atoms with Gasteiger partial charge in [-0.15, -0.1) is 0 Å². The number of halogens is 1. The van der Waals surface area contributed by atoms with Crippen molar-refractivity contribution in [2.45, 2.75) is 13.2 Å². The molecule has 0 saturated heterocycles. The van der Waals surface area contributed by atoms with Crippen molar-refractivity contribution >= 4 is 11.6 Å². The second kappa shape index (κ2) is 5.31. The summed E-state index contributed by atoms with van der Waals surface area (Å²) in [4.78, 5) is 0. The summed E-state index contributed by atoms with van der Waals surface area (Å²) in [5, 5.41) is 13.9. The first-order valence-electron chi connectivity index (χ1n) is 5.09. The van der Waals surface area contributed by atoms with E-state index in [1.165, 1.54) is 0 Å². The molecule has 0 aliphatic carbocycles. The van der Waals surface area contributed by atoms with Gasteiger partial charge in [0.05, 0.1) is 12.2 Å². The maximum absolute atomic E-state index is 9.35. The van der Waals surface area contributed by atoms with Gasteiger partial charge in [0.25, 0.3) is 0 Å². The Bertz CT molecular complexity index is 493. The molecule has 0 saturated carbocycles. The summed E-state index contributed by atoms with van der Waals surface area (Å²) in [6.07, 6.45) is 0. The van der Waals surface area contributed by atoms with Gasteiger partial charge < -0.3 is 14.4 Å². The second-order valence-corrected chi connectivity index (χ2v) is 3.97. The average molecular weight is 254 g/mol. The van der Waals surface area contributed by atoms with Crippen molar-refractivity contribution in [3.63, 3.8) is 0 Å². The number of aromatic nitrogens is 1. The van der Waals surface area contributed by atoms with Gasteiger partial charge in [-0.2, -0.15) is 0 Å². The minimum absolute atomic E-state index is 0.139. The zero-order valence-electron chi connectivity index (χ0n) is 9.31. The van der Waals surface area contributed by atoms with Gasteiger partial charge in [0, 0.05) is 17.7 Å². The Labute approximate surface area is 104 Å². The van der Waals surface area contributed by atoms with Crippen LogP contribution in [-0.2, 0) is 18.0 Å². The Morgan fingerprint density at radius 1 is 1.35 bits per heavy atom. The minimum atomic E-state index is -0.139. The van der Waals surface area contributed by atoms with E-state index in [4.69, 9.17) is 20.9 Å². The van der Waals surface area contributed by atoms with Crippen LogP contribution in [0.5, 0.6) is 0 Å². The molecule has 0 aliphatic rings. The predicted octanol–water partition coefficient (Wildman–Crippen LogP) is 2.63. The van der Waals surface area contributed by atoms with Crippen molar-refractivity contribution in [3.8, 4) is 11.3 Å². The van der Waals surface area contributed by atoms with E-state index in [9.17, 15) is 5.11 Å². The van der Waals surface area contributed by atoms with Crippen LogP contribution in [0, 0.1) is 0 Å². The minimum Gasteiger partial charge on any atom is -0.391 e. The highest BCUT2D eigenvalue weighted by Crippen LogP contribution is 2.27. The normalized spacial score (nSPS) is 10.8. The number of aliphatic hydroxyl groups is 1. The molecule has 4 nitrogen and oxygen atoms in total. The Morgan fingerprint density at radius 3 is 2.65 bits per heavy atom. The van der Waals surface area contributed by atoms with Gasteiger partial charge in [0.15, 0.2) is 5.76 Å². The van der Waals surface area contributed by atoms with Crippen molar-refractivity contribution in [2.75, 3.05) is 7.11 Å². The third kappa shape index (κ3) is 2.49. The van der Waals surface area contributed by atoms with Crippen molar-refractivity contribution in [2.24, 2.45) is 0 Å². The summed E-state index contributed by atoms with van der Waals surface area (Å²) < 4.78 is 10.1. The molecule has 0 fully saturated rings. The fraction of sp³-hybridized carbons (Fsp3) is 0.250. The third-order valence-electron chi connectivity index (χ3n) is 2.42. The van der Waals surface area contributed by atoms with Crippen molar-refractivity contribution in [1.82, 2.24) is 5.16 Å². The smallest absolute Gasteiger partial charge is 0.168 e. The molecule has 0 amide bonds. The van der Waals surface area contributed by atoms with Gasteiger partial charge in [-0.1, -0.05) is 28.9 Å². The molecule has 1 N–H and O–H groups in total. The van der Waals surface area contributed by atoms with E-state index in [0.29, 0.717) is 22.0 Å². The monoisotopic (exact) mass is 253 g/mol. The number of ether oxygens (including phenoxy) is 1. The lowest BCUT2D eigenvalue weighted by atomic mass is 10.1. The lowest BCUT2D eigenvalue weighted by molar-refractivity contribution is 0.152. The third-order valence-corrected chi connectivity index (χ3v) is 2.67. The summed E-state index contributed by atoms with van der Waals surface area (Å²) in [5.41, 5.74) is 2.12. The quantitative estimate of drug-likeness (QED) is 0.910. The van der Waals surface area contributed by atoms with Crippen LogP contribution >= 0.6 is 11.6 Å². The molecule has 2 aromatic rings. The Balaban J connectivity index is 2.41. The SMILES string of the molecule is COCc1onc(-c2ccc(Cl)cc2)c1CO. The van der Waals surface area contributed by atoms with Crippen LogP contribution in [0.2, 0.25) is 5.02 Å². The van der Waals surface area contributed by atoms with Gasteiger partial charge in [-0.05, 0) is 12.1 Å². The molecule has 0 atom stereocenters. The van der Waals surface area contributed by atoms with E-state index >= 15 is 0 Å². The zero-order valence-corrected chi connectivity index (χ0v) is 10.1. The molecule has 90 valence electrons. The van der Waals surface area contributed by atoms with Crippen LogP contribution in [0.15, 0.2) is 28.8 Å². The molecule has 2 rings (SSSR count). The number of hydrogen-bond acceptors (Lipinski definition) is 4. The molecule has 17 heavy (non-hydrogen) atoms. The van der Waals surface area contributed by atoms with E-state index in [1.54, 1.807) is 19.2 Å². The summed E-state index contributed by atoms with van der Waals surface area (Å²) in [6, 6.07) is 7.19. The molecular weight excluding hydrogens is 242 g/mol. The van der Waals surface area contributed by atoms with Gasteiger partial charge in [-0.25, -0.2) is 0 Å². The molecule has 0 radical (unpaired) electrons. The fourth-order valence-corrected chi connectivity index (χ4v) is 1.71. The molecule has 1 aromatic carbocycles. The van der Waals surface area contributed by atoms with E-state index < -0.39 is 0 Å². The summed E-state index contributed by atoms with van der Waals surface area (Å²) in [7, 11) is 1.56. The molecule has 0 unspecified atom stereocenters. The van der Waals surface area contributed by atoms with Crippen molar-refractivity contribution in [3.05, 3.63) is 40.6 Å². The highest BCUT2D eigenvalue weighted by Gasteiger charge is 2.16. The number of hydrogen-bond donors (Lipinski definition) is 1. The number of methoxy groups -OCH3 is 1. The largest absolute Gasteiger partial charge is 0.391 e. The number of benzene rings is 1. The molecule has 5 heteroatoms. The first-order chi connectivity index (χ1) is 8.26. The molecule has 0 spiro atoms. The second-order valence-electron chi connectivity index (χ2n) is 3.53. The topological polar surface area (TPSA) is 55.5 Å². The molecule has 0 aliphatic heterocycles. The van der Waals surface area contributed by atoms with Crippen molar-refractivity contribution in [1.29, 1.82) is 0 Å². The number of rotatable bonds is 4. The number of aliphatic hydroxyl groups excluding tert-OH is 1. The summed E-state index contributed by atoms with van der Waals surface area (Å²) >= 11 is 5.81. The zero-order chi connectivity index (χ0) is 12.3. The van der Waals surface area contributed by atoms with Crippen molar-refractivity contribution < 1.29 is 14.4 Å². The van der Waals surface area contributed by atoms with Gasteiger partial charge >= 0.3 is 0 Å². The lowest BCUT2D eigenvalue weighted by Gasteiger charge is -2.00. The van der Waals surface area contributed by atoms with Gasteiger partial charge in [0.2, 0.25) is 0 Å². The van der Waals surface area contributed by atoms with Crippen LogP contribution in [-0.4, -0.2) is 17.4 Å². The Hall–Kier alpha value is -1.36. The highest BCUT2D eigenvalue weighted by molar-refractivity contribution is 6.30. The summed E-state index contributed by atoms with van der Waals surface area (Å²) in [6.45, 7) is 0.149. The van der Waals surface area contributed by atoms with Gasteiger partial charge in [0.1, 0.15) is 12.3 Å². The number of nitrogens with zero attached hydrogens (tertiary/aromatic N) is 1. The van der Waals surface area contributed by atoms with Crippen LogP contribution in [0.3, 0.4) is 0 Å². The van der Waals surface area contributed by atoms with Crippen LogP contribution < -0.4 is 0 Å². The predicted molar refractivity (Wildman–Crippen MR) is 63.6 cm³/mol. The van der Waals surface area contributed by atoms with E-state index in [0.717, 1.165) is 5.56 Å². The van der Waals surface area contributed by atoms with Crippen LogP contribution in [0.1, 0.15) is 11.3 Å². The summed E-state index contributed by atoms with van der Waals surface area (Å²) in [5.74, 6) is 0.542. The van der Waals surface area contributed by atoms with E-state index in [1.807, 2.05) is 12.1 Å². The fourth-order valence-electron chi connectivity index (χ4n) is 1.59. The van der Waals surface area contributed by atoms with Gasteiger partial charge in [-0.3, -0.25) is 0 Å². The van der Waals surface area contributed by atoms with E-state index in [-0.39, 0.29) is 13.2 Å². The van der Waals surface area contributed by atoms with Crippen LogP contribution in [0.4, 0.5) is 0 Å². The molecule has 1 aromatic heterocycles. The average Bonchev–Trinajstić information content (AvgIpc) is 2.73. The lowest BCUT2D eigenvalue weighted by Crippen LogP contribution is -1.93. The first-order valence-corrected chi connectivity index (χ1v) is 5.47. The maximum Gasteiger partial charge on any atom is 0.168 e. The standard InChI is InChI=1S/C12H12ClNO3/c1-16-7-11-10(6-15)12(14-17-11)8-2-4-9(13)5-3-8/h2-5,15H,6-7H2,1H3. The highest BCUT2D eigenvalue weighted by atomic mass is 35.5. The molecule has 0 bridgehead atoms. The van der Waals surface area contributed by atoms with E-state index in [2.05, 4.69) is 5.16 Å². The molecular formula is C12H12ClNO3. The first kappa shape index (κ1) is 12.1. The Morgan fingerprint density at radius 2 is 2.06 bits per heavy atom. The molecule has 1 heterocycles.